The Balaban J connectivity index is 1.55. The number of allylic oxidation sites excluding steroid dienone is 2. The number of nitriles is 1. The van der Waals surface area contributed by atoms with E-state index in [2.05, 4.69) is 6.07 Å². The zero-order valence-electron chi connectivity index (χ0n) is 17.4. The van der Waals surface area contributed by atoms with E-state index in [9.17, 15) is 10.1 Å². The molecule has 0 N–H and O–H groups in total. The average molecular weight is 414 g/mol. The van der Waals surface area contributed by atoms with Crippen LogP contribution in [0.25, 0.3) is 0 Å². The molecule has 2 heterocycles. The zero-order valence-corrected chi connectivity index (χ0v) is 17.4. The number of ether oxygens (including phenoxy) is 3. The van der Waals surface area contributed by atoms with Crippen molar-refractivity contribution in [3.63, 3.8) is 0 Å². The first-order chi connectivity index (χ1) is 15.1. The predicted octanol–water partition coefficient (Wildman–Crippen LogP) is 4.52. The molecular formula is C25H22N2O4. The van der Waals surface area contributed by atoms with Gasteiger partial charge in [0.2, 0.25) is 6.79 Å². The molecule has 0 spiro atoms. The standard InChI is InChI=1S/C25H22N2O4/c1-14-19(12-26)24(16-5-8-22-23(11-16)31-13-30-22)25-20(27-14)9-17(10-21(25)28)15-3-6-18(29-2)7-4-15/h3-8,11,17,19,24H,9-10,13H2,1-2H3/t17-,19?,24+/m1/s1. The van der Waals surface area contributed by atoms with Crippen LogP contribution in [0, 0.1) is 17.2 Å². The monoisotopic (exact) mass is 414 g/mol. The molecule has 0 amide bonds. The summed E-state index contributed by atoms with van der Waals surface area (Å²) in [6.07, 6.45) is 1.07. The smallest absolute Gasteiger partial charge is 0.231 e. The van der Waals surface area contributed by atoms with Crippen molar-refractivity contribution in [3.05, 3.63) is 64.9 Å². The van der Waals surface area contributed by atoms with E-state index in [1.807, 2.05) is 49.4 Å². The third kappa shape index (κ3) is 3.27. The lowest BCUT2D eigenvalue weighted by molar-refractivity contribution is -0.116. The van der Waals surface area contributed by atoms with Crippen LogP contribution < -0.4 is 14.2 Å². The SMILES string of the molecule is COc1ccc([C@H]2CC(=O)C3=C(C2)N=C(C)C(C#N)[C@@H]3c2ccc3c(c2)OCO3)cc1. The number of nitrogens with zero attached hydrogens (tertiary/aromatic N) is 2. The number of fused-ring (bicyclic) bond motifs is 1. The molecule has 0 fully saturated rings. The molecule has 1 aliphatic carbocycles. The third-order valence-electron chi connectivity index (χ3n) is 6.37. The number of methoxy groups -OCH3 is 1. The van der Waals surface area contributed by atoms with Crippen molar-refractivity contribution in [2.75, 3.05) is 13.9 Å². The highest BCUT2D eigenvalue weighted by Gasteiger charge is 2.41. The molecule has 2 aromatic rings. The van der Waals surface area contributed by atoms with Crippen LogP contribution in [0.1, 0.15) is 42.7 Å². The lowest BCUT2D eigenvalue weighted by Gasteiger charge is -2.35. The molecule has 6 nitrogen and oxygen atoms in total. The highest BCUT2D eigenvalue weighted by Crippen LogP contribution is 2.48. The second kappa shape index (κ2) is 7.59. The van der Waals surface area contributed by atoms with E-state index >= 15 is 0 Å². The first-order valence-electron chi connectivity index (χ1n) is 10.3. The molecule has 0 aromatic heterocycles. The molecule has 0 saturated carbocycles. The third-order valence-corrected chi connectivity index (χ3v) is 6.37. The second-order valence-electron chi connectivity index (χ2n) is 8.11. The number of aliphatic imine (C=N–C) groups is 1. The molecule has 0 radical (unpaired) electrons. The molecule has 0 saturated heterocycles. The molecule has 3 aliphatic rings. The topological polar surface area (TPSA) is 80.9 Å². The summed E-state index contributed by atoms with van der Waals surface area (Å²) in [4.78, 5) is 18.1. The maximum absolute atomic E-state index is 13.4. The summed E-state index contributed by atoms with van der Waals surface area (Å²) in [5, 5.41) is 9.91. The van der Waals surface area contributed by atoms with Gasteiger partial charge in [-0.3, -0.25) is 9.79 Å². The van der Waals surface area contributed by atoms with E-state index in [-0.39, 0.29) is 24.4 Å². The number of benzene rings is 2. The molecule has 2 aromatic carbocycles. The Labute approximate surface area is 180 Å². The van der Waals surface area contributed by atoms with E-state index in [1.165, 1.54) is 0 Å². The van der Waals surface area contributed by atoms with Gasteiger partial charge in [0, 0.05) is 29.3 Å². The van der Waals surface area contributed by atoms with Crippen molar-refractivity contribution in [1.82, 2.24) is 0 Å². The summed E-state index contributed by atoms with van der Waals surface area (Å²) >= 11 is 0. The minimum absolute atomic E-state index is 0.0567. The molecule has 6 heteroatoms. The normalized spacial score (nSPS) is 24.4. The first-order valence-corrected chi connectivity index (χ1v) is 10.3. The lowest BCUT2D eigenvalue weighted by atomic mass is 9.69. The maximum Gasteiger partial charge on any atom is 0.231 e. The van der Waals surface area contributed by atoms with Gasteiger partial charge in [0.25, 0.3) is 0 Å². The van der Waals surface area contributed by atoms with Crippen LogP contribution in [0.4, 0.5) is 0 Å². The van der Waals surface area contributed by atoms with Crippen molar-refractivity contribution in [2.24, 2.45) is 10.9 Å². The lowest BCUT2D eigenvalue weighted by Crippen LogP contribution is -2.32. The highest BCUT2D eigenvalue weighted by molar-refractivity contribution is 6.03. The van der Waals surface area contributed by atoms with Crippen LogP contribution in [-0.2, 0) is 4.79 Å². The van der Waals surface area contributed by atoms with Crippen LogP contribution >= 0.6 is 0 Å². The van der Waals surface area contributed by atoms with Crippen molar-refractivity contribution in [2.45, 2.75) is 31.6 Å². The van der Waals surface area contributed by atoms with Crippen LogP contribution in [0.15, 0.2) is 58.7 Å². The minimum atomic E-state index is -0.486. The van der Waals surface area contributed by atoms with Crippen molar-refractivity contribution in [1.29, 1.82) is 5.26 Å². The van der Waals surface area contributed by atoms with E-state index in [0.29, 0.717) is 29.9 Å². The van der Waals surface area contributed by atoms with Gasteiger partial charge in [0.05, 0.1) is 19.1 Å². The first kappa shape index (κ1) is 19.4. The maximum atomic E-state index is 13.4. The molecule has 2 aliphatic heterocycles. The number of Topliss-reactive ketones (excluding diaryl/α,β-unsaturated/α-hetero) is 1. The van der Waals surface area contributed by atoms with Gasteiger partial charge in [-0.2, -0.15) is 5.26 Å². The van der Waals surface area contributed by atoms with Crippen LogP contribution in [-0.4, -0.2) is 25.4 Å². The van der Waals surface area contributed by atoms with E-state index in [4.69, 9.17) is 19.2 Å². The van der Waals surface area contributed by atoms with Crippen molar-refractivity contribution >= 4 is 11.5 Å². The van der Waals surface area contributed by atoms with Gasteiger partial charge in [-0.25, -0.2) is 0 Å². The Kier molecular flexibility index (Phi) is 4.74. The number of hydrogen-bond acceptors (Lipinski definition) is 6. The summed E-state index contributed by atoms with van der Waals surface area (Å²) in [7, 11) is 1.64. The molecule has 3 atom stereocenters. The van der Waals surface area contributed by atoms with Gasteiger partial charge >= 0.3 is 0 Å². The Morgan fingerprint density at radius 1 is 1.06 bits per heavy atom. The Morgan fingerprint density at radius 2 is 1.81 bits per heavy atom. The quantitative estimate of drug-likeness (QED) is 0.737. The Bertz CT molecular complexity index is 1160. The van der Waals surface area contributed by atoms with Gasteiger partial charge in [0.15, 0.2) is 17.3 Å². The van der Waals surface area contributed by atoms with E-state index in [0.717, 1.165) is 28.3 Å². The summed E-state index contributed by atoms with van der Waals surface area (Å²) in [5.41, 5.74) is 4.18. The van der Waals surface area contributed by atoms with Gasteiger partial charge < -0.3 is 14.2 Å². The second-order valence-corrected chi connectivity index (χ2v) is 8.11. The van der Waals surface area contributed by atoms with Gasteiger partial charge in [-0.15, -0.1) is 0 Å². The van der Waals surface area contributed by atoms with Crippen molar-refractivity contribution in [3.8, 4) is 23.3 Å². The molecule has 156 valence electrons. The van der Waals surface area contributed by atoms with Crippen LogP contribution in [0.3, 0.4) is 0 Å². The minimum Gasteiger partial charge on any atom is -0.497 e. The summed E-state index contributed by atoms with van der Waals surface area (Å²) in [6.45, 7) is 2.06. The molecule has 0 bridgehead atoms. The van der Waals surface area contributed by atoms with Crippen molar-refractivity contribution < 1.29 is 19.0 Å². The fraction of sp³-hybridized carbons (Fsp3) is 0.320. The number of hydrogen-bond donors (Lipinski definition) is 0. The molecule has 5 rings (SSSR count). The van der Waals surface area contributed by atoms with Crippen LogP contribution in [0.5, 0.6) is 17.2 Å². The van der Waals surface area contributed by atoms with Gasteiger partial charge in [-0.05, 0) is 54.7 Å². The zero-order chi connectivity index (χ0) is 21.5. The van der Waals surface area contributed by atoms with Gasteiger partial charge in [-0.1, -0.05) is 18.2 Å². The molecular weight excluding hydrogens is 392 g/mol. The van der Waals surface area contributed by atoms with E-state index in [1.54, 1.807) is 7.11 Å². The fourth-order valence-electron chi connectivity index (χ4n) is 4.80. The number of carbonyl (C=O) groups is 1. The highest BCUT2D eigenvalue weighted by atomic mass is 16.7. The summed E-state index contributed by atoms with van der Waals surface area (Å²) in [5.74, 6) is 1.40. The average Bonchev–Trinajstić information content (AvgIpc) is 3.26. The summed E-state index contributed by atoms with van der Waals surface area (Å²) < 4.78 is 16.2. The van der Waals surface area contributed by atoms with E-state index < -0.39 is 5.92 Å². The summed E-state index contributed by atoms with van der Waals surface area (Å²) in [6, 6.07) is 15.9. The largest absolute Gasteiger partial charge is 0.497 e. The number of ketones is 1. The van der Waals surface area contributed by atoms with Gasteiger partial charge in [0.1, 0.15) is 5.75 Å². The molecule has 1 unspecified atom stereocenters. The molecule has 31 heavy (non-hydrogen) atoms. The fourth-order valence-corrected chi connectivity index (χ4v) is 4.80. The van der Waals surface area contributed by atoms with Crippen LogP contribution in [0.2, 0.25) is 0 Å². The predicted molar refractivity (Wildman–Crippen MR) is 115 cm³/mol. The Hall–Kier alpha value is -3.59. The number of rotatable bonds is 3. The number of carbonyl (C=O) groups excluding carboxylic acids is 1. The Morgan fingerprint density at radius 3 is 2.55 bits per heavy atom.